The summed E-state index contributed by atoms with van der Waals surface area (Å²) in [6, 6.07) is 0. The second-order valence-electron chi connectivity index (χ2n) is 27.9. The van der Waals surface area contributed by atoms with Crippen LogP contribution in [0.4, 0.5) is 0 Å². The van der Waals surface area contributed by atoms with Gasteiger partial charge in [0, 0.05) is 26.4 Å². The Bertz CT molecular complexity index is 1230. The molecule has 1 N–H and O–H groups in total. The second kappa shape index (κ2) is 73.1. The Hall–Kier alpha value is -0.280. The van der Waals surface area contributed by atoms with Gasteiger partial charge in [-0.1, -0.05) is 413 Å². The van der Waals surface area contributed by atoms with Crippen molar-refractivity contribution in [1.82, 2.24) is 0 Å². The molecule has 0 aromatic heterocycles. The summed E-state index contributed by atoms with van der Waals surface area (Å²) in [5.74, 6) is 0. The van der Waals surface area contributed by atoms with E-state index in [9.17, 15) is 5.11 Å². The third-order valence-corrected chi connectivity index (χ3v) is 19.4. The van der Waals surface area contributed by atoms with E-state index in [4.69, 9.17) is 28.4 Å². The lowest BCUT2D eigenvalue weighted by molar-refractivity contribution is -0.233. The zero-order valence-corrected chi connectivity index (χ0v) is 60.0. The molecular formula is C80H160O7. The number of hydrogen-bond donors (Lipinski definition) is 1. The highest BCUT2D eigenvalue weighted by atomic mass is 16.7. The summed E-state index contributed by atoms with van der Waals surface area (Å²) in [5.41, 5.74) is 0. The van der Waals surface area contributed by atoms with Crippen molar-refractivity contribution in [3.63, 3.8) is 0 Å². The molecule has 1 heterocycles. The molecule has 0 spiro atoms. The zero-order chi connectivity index (χ0) is 62.3. The first kappa shape index (κ1) is 84.7. The molecule has 1 aliphatic rings. The highest BCUT2D eigenvalue weighted by Gasteiger charge is 2.43. The lowest BCUT2D eigenvalue weighted by Crippen LogP contribution is -2.55. The lowest BCUT2D eigenvalue weighted by atomic mass is 10.0. The Morgan fingerprint density at radius 2 is 0.425 bits per heavy atom. The Labute approximate surface area is 546 Å². The van der Waals surface area contributed by atoms with Crippen LogP contribution in [-0.2, 0) is 28.4 Å². The molecule has 87 heavy (non-hydrogen) atoms. The van der Waals surface area contributed by atoms with Crippen molar-refractivity contribution in [2.75, 3.05) is 46.2 Å². The van der Waals surface area contributed by atoms with E-state index in [1.54, 1.807) is 0 Å². The Kier molecular flexibility index (Phi) is 71.2. The lowest BCUT2D eigenvalue weighted by Gasteiger charge is -2.38. The molecule has 7 nitrogen and oxygen atoms in total. The average Bonchev–Trinajstić information content (AvgIpc) is 4.33. The standard InChI is InChI=1S/C80H160O7/c1-5-9-13-17-21-25-29-33-37-41-45-49-53-57-61-65-69-82-76(75-81)77(83-70-66-62-58-54-50-46-42-38-34-30-26-22-18-14-10-6-2)78(84-71-67-63-59-55-51-47-43-39-35-31-27-23-19-15-11-7-3)79(80-86-73-74-87-80)85-72-68-64-60-56-52-48-44-40-36-32-28-24-20-16-12-8-4/h76-81H,5-75H2,1-4H3/t76-,77-,78+,79-/m1/s1. The van der Waals surface area contributed by atoms with Crippen LogP contribution in [-0.4, -0.2) is 82.1 Å². The first-order valence-corrected chi connectivity index (χ1v) is 40.5. The number of aliphatic hydroxyl groups is 1. The Morgan fingerprint density at radius 3 is 0.644 bits per heavy atom. The molecule has 1 fully saturated rings. The molecule has 1 aliphatic heterocycles. The highest BCUT2D eigenvalue weighted by Crippen LogP contribution is 2.27. The maximum absolute atomic E-state index is 11.3. The second-order valence-corrected chi connectivity index (χ2v) is 27.9. The molecule has 0 radical (unpaired) electrons. The van der Waals surface area contributed by atoms with Gasteiger partial charge in [0.2, 0.25) is 0 Å². The van der Waals surface area contributed by atoms with Gasteiger partial charge in [0.25, 0.3) is 0 Å². The molecule has 0 unspecified atom stereocenters. The van der Waals surface area contributed by atoms with Gasteiger partial charge < -0.3 is 33.5 Å². The van der Waals surface area contributed by atoms with Crippen LogP contribution in [0.5, 0.6) is 0 Å². The largest absolute Gasteiger partial charge is 0.394 e. The summed E-state index contributed by atoms with van der Waals surface area (Å²) >= 11 is 0. The van der Waals surface area contributed by atoms with Gasteiger partial charge in [-0.2, -0.15) is 0 Å². The van der Waals surface area contributed by atoms with Crippen LogP contribution < -0.4 is 0 Å². The normalized spacial score (nSPS) is 14.4. The van der Waals surface area contributed by atoms with Crippen molar-refractivity contribution in [3.8, 4) is 0 Å². The number of rotatable bonds is 77. The Morgan fingerprint density at radius 1 is 0.241 bits per heavy atom. The van der Waals surface area contributed by atoms with Gasteiger partial charge in [-0.15, -0.1) is 0 Å². The first-order chi connectivity index (χ1) is 43.2. The SMILES string of the molecule is CCCCCCCCCCCCCCCCCCO[C@@H]([C@H](OCCCCCCCCCCCCCCCCCC)[C@@H](OCCCCCCCCCCCCCCCCCC)C1OCCO1)[C@@H](CO)OCCCCCCCCCCCCCCCCCC. The average molecular weight is 1230 g/mol. The minimum absolute atomic E-state index is 0.111. The van der Waals surface area contributed by atoms with Crippen molar-refractivity contribution in [1.29, 1.82) is 0 Å². The van der Waals surface area contributed by atoms with Crippen LogP contribution in [0.25, 0.3) is 0 Å². The molecule has 0 amide bonds. The van der Waals surface area contributed by atoms with Gasteiger partial charge in [0.1, 0.15) is 24.4 Å². The van der Waals surface area contributed by atoms with Crippen LogP contribution in [0.2, 0.25) is 0 Å². The molecule has 1 rings (SSSR count). The fraction of sp³-hybridized carbons (Fsp3) is 1.00. The molecule has 0 bridgehead atoms. The minimum Gasteiger partial charge on any atom is -0.394 e. The summed E-state index contributed by atoms with van der Waals surface area (Å²) in [4.78, 5) is 0. The molecule has 0 aromatic rings. The van der Waals surface area contributed by atoms with Crippen LogP contribution in [0.3, 0.4) is 0 Å². The van der Waals surface area contributed by atoms with Crippen molar-refractivity contribution in [2.24, 2.45) is 0 Å². The number of aliphatic hydroxyl groups excluding tert-OH is 1. The van der Waals surface area contributed by atoms with Crippen LogP contribution in [0.1, 0.15) is 439 Å². The van der Waals surface area contributed by atoms with E-state index in [1.165, 1.54) is 366 Å². The van der Waals surface area contributed by atoms with Gasteiger partial charge in [-0.25, -0.2) is 0 Å². The minimum atomic E-state index is -0.525. The van der Waals surface area contributed by atoms with Gasteiger partial charge in [-0.05, 0) is 25.7 Å². The van der Waals surface area contributed by atoms with E-state index < -0.39 is 30.7 Å². The van der Waals surface area contributed by atoms with Crippen molar-refractivity contribution < 1.29 is 33.5 Å². The predicted octanol–water partition coefficient (Wildman–Crippen LogP) is 25.9. The summed E-state index contributed by atoms with van der Waals surface area (Å²) in [5, 5.41) is 11.3. The maximum atomic E-state index is 11.3. The van der Waals surface area contributed by atoms with Gasteiger partial charge >= 0.3 is 0 Å². The third kappa shape index (κ3) is 59.2. The first-order valence-electron chi connectivity index (χ1n) is 40.5. The molecular weight excluding hydrogens is 1070 g/mol. The van der Waals surface area contributed by atoms with Crippen molar-refractivity contribution >= 4 is 0 Å². The van der Waals surface area contributed by atoms with E-state index in [0.29, 0.717) is 39.6 Å². The van der Waals surface area contributed by atoms with Crippen LogP contribution >= 0.6 is 0 Å². The van der Waals surface area contributed by atoms with E-state index >= 15 is 0 Å². The summed E-state index contributed by atoms with van der Waals surface area (Å²) < 4.78 is 40.4. The fourth-order valence-corrected chi connectivity index (χ4v) is 13.4. The van der Waals surface area contributed by atoms with E-state index in [1.807, 2.05) is 0 Å². The fourth-order valence-electron chi connectivity index (χ4n) is 13.4. The summed E-state index contributed by atoms with van der Waals surface area (Å²) in [6.07, 6.45) is 83.7. The smallest absolute Gasteiger partial charge is 0.186 e. The highest BCUT2D eigenvalue weighted by molar-refractivity contribution is 4.89. The number of hydrogen-bond acceptors (Lipinski definition) is 7. The molecule has 4 atom stereocenters. The quantitative estimate of drug-likeness (QED) is 0.0608. The van der Waals surface area contributed by atoms with Gasteiger partial charge in [0.15, 0.2) is 6.29 Å². The third-order valence-electron chi connectivity index (χ3n) is 19.4. The number of ether oxygens (including phenoxy) is 6. The monoisotopic (exact) mass is 1230 g/mol. The van der Waals surface area contributed by atoms with Crippen LogP contribution in [0.15, 0.2) is 0 Å². The van der Waals surface area contributed by atoms with E-state index in [0.717, 1.165) is 44.9 Å². The molecule has 7 heteroatoms. The van der Waals surface area contributed by atoms with Gasteiger partial charge in [0.05, 0.1) is 19.8 Å². The molecule has 522 valence electrons. The van der Waals surface area contributed by atoms with Crippen LogP contribution in [0, 0.1) is 0 Å². The molecule has 0 aliphatic carbocycles. The van der Waals surface area contributed by atoms with Gasteiger partial charge in [-0.3, -0.25) is 0 Å². The van der Waals surface area contributed by atoms with E-state index in [2.05, 4.69) is 27.7 Å². The molecule has 0 saturated carbocycles. The van der Waals surface area contributed by atoms with E-state index in [-0.39, 0.29) is 6.61 Å². The Balaban J connectivity index is 2.90. The molecule has 0 aromatic carbocycles. The van der Waals surface area contributed by atoms with Crippen molar-refractivity contribution in [2.45, 2.75) is 469 Å². The van der Waals surface area contributed by atoms with Crippen molar-refractivity contribution in [3.05, 3.63) is 0 Å². The maximum Gasteiger partial charge on any atom is 0.186 e. The summed E-state index contributed by atoms with van der Waals surface area (Å²) in [6.45, 7) is 12.7. The predicted molar refractivity (Wildman–Crippen MR) is 380 cm³/mol. The summed E-state index contributed by atoms with van der Waals surface area (Å²) in [7, 11) is 0. The molecule has 1 saturated heterocycles. The zero-order valence-electron chi connectivity index (χ0n) is 60.0. The topological polar surface area (TPSA) is 75.6 Å². The number of unbranched alkanes of at least 4 members (excludes halogenated alkanes) is 60.